The van der Waals surface area contributed by atoms with Gasteiger partial charge in [0.25, 0.3) is 0 Å². The minimum Gasteiger partial charge on any atom is -0.352 e. The van der Waals surface area contributed by atoms with Gasteiger partial charge in [0.1, 0.15) is 0 Å². The molecule has 1 saturated heterocycles. The van der Waals surface area contributed by atoms with Crippen molar-refractivity contribution >= 4 is 17.5 Å². The van der Waals surface area contributed by atoms with Gasteiger partial charge in [-0.05, 0) is 42.7 Å². The predicted molar refractivity (Wildman–Crippen MR) is 83.3 cm³/mol. The van der Waals surface area contributed by atoms with E-state index in [0.717, 1.165) is 24.1 Å². The second-order valence-corrected chi connectivity index (χ2v) is 5.79. The van der Waals surface area contributed by atoms with Gasteiger partial charge in [-0.2, -0.15) is 0 Å². The van der Waals surface area contributed by atoms with Crippen molar-refractivity contribution in [3.05, 3.63) is 64.9 Å². The first-order valence-electron chi connectivity index (χ1n) is 7.20. The Bertz CT molecular complexity index is 612. The van der Waals surface area contributed by atoms with E-state index in [4.69, 9.17) is 11.6 Å². The first-order valence-corrected chi connectivity index (χ1v) is 7.57. The number of pyridine rings is 1. The van der Waals surface area contributed by atoms with Crippen LogP contribution < -0.4 is 5.32 Å². The van der Waals surface area contributed by atoms with E-state index in [-0.39, 0.29) is 17.9 Å². The number of piperidine rings is 1. The van der Waals surface area contributed by atoms with Gasteiger partial charge in [-0.3, -0.25) is 9.78 Å². The number of rotatable bonds is 3. The fraction of sp³-hybridized carbons (Fsp3) is 0.294. The number of nitrogens with one attached hydrogen (secondary N) is 1. The molecule has 1 fully saturated rings. The summed E-state index contributed by atoms with van der Waals surface area (Å²) in [6, 6.07) is 13.8. The van der Waals surface area contributed by atoms with Crippen LogP contribution in [-0.2, 0) is 4.79 Å². The minimum atomic E-state index is 0.0627. The molecule has 1 N–H and O–H groups in total. The summed E-state index contributed by atoms with van der Waals surface area (Å²) in [6.07, 6.45) is 4.30. The lowest BCUT2D eigenvalue weighted by Gasteiger charge is -2.31. The number of nitrogens with zero attached hydrogens (tertiary/aromatic N) is 1. The van der Waals surface area contributed by atoms with E-state index in [1.165, 1.54) is 0 Å². The smallest absolute Gasteiger partial charge is 0.220 e. The van der Waals surface area contributed by atoms with Crippen LogP contribution in [0.4, 0.5) is 0 Å². The summed E-state index contributed by atoms with van der Waals surface area (Å²) in [7, 11) is 0. The van der Waals surface area contributed by atoms with E-state index in [0.29, 0.717) is 11.4 Å². The van der Waals surface area contributed by atoms with Crippen LogP contribution in [0, 0.1) is 0 Å². The van der Waals surface area contributed by atoms with Gasteiger partial charge in [-0.25, -0.2) is 0 Å². The molecule has 4 heteroatoms. The molecule has 2 atom stereocenters. The van der Waals surface area contributed by atoms with Gasteiger partial charge in [0.2, 0.25) is 5.91 Å². The van der Waals surface area contributed by atoms with Gasteiger partial charge in [-0.1, -0.05) is 29.8 Å². The molecule has 3 rings (SSSR count). The average Bonchev–Trinajstić information content (AvgIpc) is 2.51. The van der Waals surface area contributed by atoms with Crippen molar-refractivity contribution in [2.75, 3.05) is 0 Å². The number of halogens is 1. The maximum absolute atomic E-state index is 11.7. The Kier molecular flexibility index (Phi) is 4.20. The summed E-state index contributed by atoms with van der Waals surface area (Å²) in [5.41, 5.74) is 2.11. The van der Waals surface area contributed by atoms with Crippen LogP contribution in [0.1, 0.15) is 36.4 Å². The van der Waals surface area contributed by atoms with Gasteiger partial charge < -0.3 is 5.32 Å². The van der Waals surface area contributed by atoms with Gasteiger partial charge >= 0.3 is 0 Å². The zero-order valence-electron chi connectivity index (χ0n) is 11.6. The quantitative estimate of drug-likeness (QED) is 0.942. The Balaban J connectivity index is 1.98. The molecule has 1 aromatic carbocycles. The highest BCUT2D eigenvalue weighted by atomic mass is 35.5. The highest BCUT2D eigenvalue weighted by Crippen LogP contribution is 2.31. The zero-order chi connectivity index (χ0) is 14.7. The number of amides is 1. The Morgan fingerprint density at radius 1 is 1.19 bits per heavy atom. The topological polar surface area (TPSA) is 42.0 Å². The molecule has 1 aliphatic heterocycles. The van der Waals surface area contributed by atoms with Gasteiger partial charge in [0, 0.05) is 35.3 Å². The van der Waals surface area contributed by atoms with Crippen molar-refractivity contribution in [3.8, 4) is 0 Å². The highest BCUT2D eigenvalue weighted by Gasteiger charge is 2.29. The van der Waals surface area contributed by atoms with Crippen LogP contribution in [0.3, 0.4) is 0 Å². The van der Waals surface area contributed by atoms with Crippen LogP contribution in [0.2, 0.25) is 5.02 Å². The largest absolute Gasteiger partial charge is 0.352 e. The lowest BCUT2D eigenvalue weighted by atomic mass is 9.84. The Morgan fingerprint density at radius 3 is 2.67 bits per heavy atom. The Labute approximate surface area is 129 Å². The van der Waals surface area contributed by atoms with Crippen molar-refractivity contribution in [2.45, 2.75) is 31.2 Å². The monoisotopic (exact) mass is 300 g/mol. The highest BCUT2D eigenvalue weighted by molar-refractivity contribution is 6.30. The molecular weight excluding hydrogens is 284 g/mol. The molecule has 2 aromatic rings. The van der Waals surface area contributed by atoms with Crippen molar-refractivity contribution < 1.29 is 4.79 Å². The van der Waals surface area contributed by atoms with E-state index in [9.17, 15) is 4.79 Å². The molecule has 1 aromatic heterocycles. The van der Waals surface area contributed by atoms with Crippen molar-refractivity contribution in [2.24, 2.45) is 0 Å². The summed E-state index contributed by atoms with van der Waals surface area (Å²) in [4.78, 5) is 16.2. The number of benzene rings is 1. The Hall–Kier alpha value is -1.87. The van der Waals surface area contributed by atoms with Gasteiger partial charge in [-0.15, -0.1) is 0 Å². The van der Waals surface area contributed by atoms with Crippen molar-refractivity contribution in [3.63, 3.8) is 0 Å². The molecule has 3 nitrogen and oxygen atoms in total. The maximum Gasteiger partial charge on any atom is 0.220 e. The van der Waals surface area contributed by atoms with Gasteiger partial charge in [0.05, 0.1) is 0 Å². The number of hydrogen-bond donors (Lipinski definition) is 1. The summed E-state index contributed by atoms with van der Waals surface area (Å²) >= 11 is 5.99. The molecule has 0 unspecified atom stereocenters. The number of carbonyl (C=O) groups is 1. The van der Waals surface area contributed by atoms with Crippen LogP contribution in [0.25, 0.3) is 0 Å². The summed E-state index contributed by atoms with van der Waals surface area (Å²) < 4.78 is 0. The molecule has 21 heavy (non-hydrogen) atoms. The first kappa shape index (κ1) is 14.1. The molecule has 0 saturated carbocycles. The molecular formula is C17H17ClN2O. The van der Waals surface area contributed by atoms with Crippen LogP contribution in [0.5, 0.6) is 0 Å². The third-order valence-corrected chi connectivity index (χ3v) is 4.16. The predicted octanol–water partition coefficient (Wildman–Crippen LogP) is 3.54. The van der Waals surface area contributed by atoms with E-state index >= 15 is 0 Å². The van der Waals surface area contributed by atoms with E-state index in [2.05, 4.69) is 10.3 Å². The standard InChI is InChI=1S/C17H17ClN2O/c18-13-9-7-12(8-10-13)17(14-4-1-2-11-19-14)15-5-3-6-16(21)20-15/h1-2,4,7-11,15,17H,3,5-6H2,(H,20,21)/t15-,17+/m1/s1. The Morgan fingerprint density at radius 2 is 2.00 bits per heavy atom. The van der Waals surface area contributed by atoms with Crippen LogP contribution in [0.15, 0.2) is 48.7 Å². The number of hydrogen-bond acceptors (Lipinski definition) is 2. The SMILES string of the molecule is O=C1CCC[C@H]([C@@H](c2ccc(Cl)cc2)c2ccccn2)N1. The summed E-state index contributed by atoms with van der Waals surface area (Å²) in [6.45, 7) is 0. The second-order valence-electron chi connectivity index (χ2n) is 5.35. The molecule has 1 amide bonds. The van der Waals surface area contributed by atoms with Crippen LogP contribution in [-0.4, -0.2) is 16.9 Å². The number of carbonyl (C=O) groups excluding carboxylic acids is 1. The van der Waals surface area contributed by atoms with Crippen LogP contribution >= 0.6 is 11.6 Å². The normalized spacial score (nSPS) is 19.9. The lowest BCUT2D eigenvalue weighted by Crippen LogP contribution is -2.43. The van der Waals surface area contributed by atoms with E-state index < -0.39 is 0 Å². The molecule has 1 aliphatic rings. The van der Waals surface area contributed by atoms with E-state index in [1.807, 2.05) is 42.5 Å². The minimum absolute atomic E-state index is 0.0627. The van der Waals surface area contributed by atoms with E-state index in [1.54, 1.807) is 6.20 Å². The fourth-order valence-corrected chi connectivity index (χ4v) is 3.05. The second kappa shape index (κ2) is 6.27. The molecule has 0 radical (unpaired) electrons. The third-order valence-electron chi connectivity index (χ3n) is 3.90. The lowest BCUT2D eigenvalue weighted by molar-refractivity contribution is -0.123. The third kappa shape index (κ3) is 3.24. The summed E-state index contributed by atoms with van der Waals surface area (Å²) in [5, 5.41) is 3.83. The van der Waals surface area contributed by atoms with Gasteiger partial charge in [0.15, 0.2) is 0 Å². The molecule has 0 spiro atoms. The zero-order valence-corrected chi connectivity index (χ0v) is 12.4. The first-order chi connectivity index (χ1) is 10.2. The molecule has 0 bridgehead atoms. The number of aromatic nitrogens is 1. The maximum atomic E-state index is 11.7. The molecule has 2 heterocycles. The molecule has 0 aliphatic carbocycles. The van der Waals surface area contributed by atoms with Crippen molar-refractivity contribution in [1.29, 1.82) is 0 Å². The average molecular weight is 301 g/mol. The van der Waals surface area contributed by atoms with Crippen molar-refractivity contribution in [1.82, 2.24) is 10.3 Å². The summed E-state index contributed by atoms with van der Waals surface area (Å²) in [5.74, 6) is 0.189. The molecule has 108 valence electrons. The fourth-order valence-electron chi connectivity index (χ4n) is 2.92.